The monoisotopic (exact) mass is 509 g/mol. The lowest BCUT2D eigenvalue weighted by Crippen LogP contribution is -2.29. The number of carbonyl (C=O) groups is 1. The van der Waals surface area contributed by atoms with Crippen molar-refractivity contribution in [1.29, 1.82) is 0 Å². The van der Waals surface area contributed by atoms with E-state index in [1.807, 2.05) is 69.4 Å². The molecule has 3 N–H and O–H groups in total. The summed E-state index contributed by atoms with van der Waals surface area (Å²) in [6.07, 6.45) is 3.03. The Hall–Kier alpha value is -3.65. The lowest BCUT2D eigenvalue weighted by atomic mass is 9.95. The summed E-state index contributed by atoms with van der Waals surface area (Å²) in [5, 5.41) is 2.70. The second kappa shape index (κ2) is 10.1. The summed E-state index contributed by atoms with van der Waals surface area (Å²) in [5.41, 5.74) is 8.67. The summed E-state index contributed by atoms with van der Waals surface area (Å²) >= 11 is 6.34. The van der Waals surface area contributed by atoms with Crippen molar-refractivity contribution in [2.24, 2.45) is 0 Å². The minimum absolute atomic E-state index is 0.133. The van der Waals surface area contributed by atoms with Crippen molar-refractivity contribution in [3.8, 4) is 5.75 Å². The van der Waals surface area contributed by atoms with Crippen LogP contribution in [0.4, 0.5) is 10.2 Å². The van der Waals surface area contributed by atoms with Gasteiger partial charge in [0.15, 0.2) is 5.82 Å². The summed E-state index contributed by atoms with van der Waals surface area (Å²) in [6, 6.07) is 10.6. The SMILES string of the molecule is Cc1nc([C@@H](C)c2cc(Cl)c(F)c(C(=O)N[C@H](C)c3ccccc3)c2OC(C)C)n2ccnc(N)c12. The van der Waals surface area contributed by atoms with Crippen LogP contribution in [-0.2, 0) is 0 Å². The van der Waals surface area contributed by atoms with Crippen molar-refractivity contribution in [2.45, 2.75) is 52.7 Å². The van der Waals surface area contributed by atoms with E-state index >= 15 is 4.39 Å². The minimum Gasteiger partial charge on any atom is -0.490 e. The van der Waals surface area contributed by atoms with E-state index in [0.717, 1.165) is 5.56 Å². The number of amides is 1. The second-order valence-corrected chi connectivity index (χ2v) is 9.45. The Bertz CT molecular complexity index is 1420. The summed E-state index contributed by atoms with van der Waals surface area (Å²) < 4.78 is 23.4. The largest absolute Gasteiger partial charge is 0.490 e. The summed E-state index contributed by atoms with van der Waals surface area (Å²) in [5.74, 6) is -0.748. The first kappa shape index (κ1) is 25.4. The van der Waals surface area contributed by atoms with Crippen LogP contribution in [0.25, 0.3) is 5.52 Å². The number of carbonyl (C=O) groups excluding carboxylic acids is 1. The number of nitrogens with one attached hydrogen (secondary N) is 1. The third-order valence-electron chi connectivity index (χ3n) is 6.07. The Morgan fingerprint density at radius 3 is 2.56 bits per heavy atom. The van der Waals surface area contributed by atoms with Crippen LogP contribution in [-0.4, -0.2) is 26.4 Å². The number of aryl methyl sites for hydroxylation is 1. The molecule has 0 spiro atoms. The van der Waals surface area contributed by atoms with Gasteiger partial charge in [-0.1, -0.05) is 48.9 Å². The van der Waals surface area contributed by atoms with Crippen molar-refractivity contribution in [3.05, 3.63) is 87.8 Å². The molecule has 0 unspecified atom stereocenters. The summed E-state index contributed by atoms with van der Waals surface area (Å²) in [6.45, 7) is 9.21. The number of nitrogen functional groups attached to an aromatic ring is 1. The van der Waals surface area contributed by atoms with Crippen LogP contribution in [0.1, 0.15) is 72.7 Å². The van der Waals surface area contributed by atoms with Gasteiger partial charge in [0, 0.05) is 23.9 Å². The fraction of sp³-hybridized carbons (Fsp3) is 0.296. The van der Waals surface area contributed by atoms with E-state index in [1.54, 1.807) is 12.4 Å². The van der Waals surface area contributed by atoms with E-state index in [4.69, 9.17) is 27.1 Å². The maximum atomic E-state index is 15.5. The third-order valence-corrected chi connectivity index (χ3v) is 6.34. The van der Waals surface area contributed by atoms with Gasteiger partial charge in [-0.05, 0) is 39.3 Å². The van der Waals surface area contributed by atoms with E-state index in [2.05, 4.69) is 10.3 Å². The fourth-order valence-electron chi connectivity index (χ4n) is 4.32. The van der Waals surface area contributed by atoms with E-state index < -0.39 is 17.6 Å². The molecule has 1 amide bonds. The van der Waals surface area contributed by atoms with Crippen LogP contribution in [0.3, 0.4) is 0 Å². The van der Waals surface area contributed by atoms with Gasteiger partial charge in [-0.2, -0.15) is 0 Å². The van der Waals surface area contributed by atoms with Crippen LogP contribution in [0.5, 0.6) is 5.75 Å². The molecule has 2 aromatic carbocycles. The van der Waals surface area contributed by atoms with Crippen molar-refractivity contribution in [3.63, 3.8) is 0 Å². The number of halogens is 2. The number of benzene rings is 2. The number of rotatable bonds is 7. The zero-order valence-corrected chi connectivity index (χ0v) is 21.6. The standard InChI is InChI=1S/C27H29ClFN5O2/c1-14(2)36-24-19(15(3)26-32-17(5)23-25(30)31-11-12-34(23)26)13-20(28)22(29)21(24)27(35)33-16(4)18-9-7-6-8-10-18/h6-16H,1-5H3,(H2,30,31)(H,33,35)/t15-,16+/m0/s1. The predicted molar refractivity (Wildman–Crippen MR) is 139 cm³/mol. The molecule has 0 aliphatic heterocycles. The van der Waals surface area contributed by atoms with Gasteiger partial charge < -0.3 is 15.8 Å². The lowest BCUT2D eigenvalue weighted by Gasteiger charge is -2.23. The maximum absolute atomic E-state index is 15.5. The van der Waals surface area contributed by atoms with Crippen molar-refractivity contribution in [2.75, 3.05) is 5.73 Å². The molecule has 188 valence electrons. The molecular weight excluding hydrogens is 481 g/mol. The van der Waals surface area contributed by atoms with E-state index in [9.17, 15) is 4.79 Å². The number of anilines is 1. The number of hydrogen-bond donors (Lipinski definition) is 2. The average Bonchev–Trinajstić information content (AvgIpc) is 3.18. The molecule has 7 nitrogen and oxygen atoms in total. The molecule has 0 bridgehead atoms. The van der Waals surface area contributed by atoms with Gasteiger partial charge in [-0.15, -0.1) is 0 Å². The number of imidazole rings is 1. The van der Waals surface area contributed by atoms with Crippen LogP contribution < -0.4 is 15.8 Å². The van der Waals surface area contributed by atoms with Crippen LogP contribution in [0.2, 0.25) is 5.02 Å². The van der Waals surface area contributed by atoms with E-state index in [0.29, 0.717) is 28.4 Å². The van der Waals surface area contributed by atoms with Crippen molar-refractivity contribution < 1.29 is 13.9 Å². The van der Waals surface area contributed by atoms with Crippen molar-refractivity contribution >= 4 is 28.8 Å². The zero-order valence-electron chi connectivity index (χ0n) is 20.8. The summed E-state index contributed by atoms with van der Waals surface area (Å²) in [4.78, 5) is 22.3. The summed E-state index contributed by atoms with van der Waals surface area (Å²) in [7, 11) is 0. The number of fused-ring (bicyclic) bond motifs is 1. The molecule has 4 aromatic rings. The molecule has 9 heteroatoms. The molecule has 36 heavy (non-hydrogen) atoms. The van der Waals surface area contributed by atoms with Gasteiger partial charge >= 0.3 is 0 Å². The first-order chi connectivity index (χ1) is 17.1. The highest BCUT2D eigenvalue weighted by atomic mass is 35.5. The molecule has 2 atom stereocenters. The van der Waals surface area contributed by atoms with Crippen molar-refractivity contribution in [1.82, 2.24) is 19.7 Å². The Morgan fingerprint density at radius 1 is 1.19 bits per heavy atom. The number of ether oxygens (including phenoxy) is 1. The number of aromatic nitrogens is 3. The first-order valence-corrected chi connectivity index (χ1v) is 12.1. The predicted octanol–water partition coefficient (Wildman–Crippen LogP) is 5.84. The number of nitrogens with zero attached hydrogens (tertiary/aromatic N) is 3. The molecule has 0 fully saturated rings. The Labute approximate surface area is 214 Å². The highest BCUT2D eigenvalue weighted by Crippen LogP contribution is 2.40. The molecule has 0 aliphatic rings. The number of nitrogens with two attached hydrogens (primary N) is 1. The van der Waals surface area contributed by atoms with Gasteiger partial charge in [0.1, 0.15) is 28.5 Å². The minimum atomic E-state index is -0.835. The van der Waals surface area contributed by atoms with Gasteiger partial charge in [0.2, 0.25) is 0 Å². The molecule has 2 heterocycles. The van der Waals surface area contributed by atoms with Gasteiger partial charge in [0.25, 0.3) is 5.91 Å². The third kappa shape index (κ3) is 4.73. The Balaban J connectivity index is 1.84. The quantitative estimate of drug-likeness (QED) is 0.326. The lowest BCUT2D eigenvalue weighted by molar-refractivity contribution is 0.0929. The highest BCUT2D eigenvalue weighted by Gasteiger charge is 2.30. The van der Waals surface area contributed by atoms with Gasteiger partial charge in [-0.3, -0.25) is 9.20 Å². The molecular formula is C27H29ClFN5O2. The van der Waals surface area contributed by atoms with Crippen LogP contribution >= 0.6 is 11.6 Å². The second-order valence-electron chi connectivity index (χ2n) is 9.05. The molecule has 2 aromatic heterocycles. The normalized spacial score (nSPS) is 13.1. The Kier molecular flexibility index (Phi) is 7.17. The van der Waals surface area contributed by atoms with Crippen LogP contribution in [0, 0.1) is 12.7 Å². The molecule has 4 rings (SSSR count). The first-order valence-electron chi connectivity index (χ1n) is 11.7. The highest BCUT2D eigenvalue weighted by molar-refractivity contribution is 6.31. The molecule has 0 aliphatic carbocycles. The number of hydrogen-bond acceptors (Lipinski definition) is 5. The zero-order chi connectivity index (χ0) is 26.1. The smallest absolute Gasteiger partial charge is 0.258 e. The molecule has 0 saturated heterocycles. The Morgan fingerprint density at radius 2 is 1.89 bits per heavy atom. The van der Waals surface area contributed by atoms with Gasteiger partial charge in [-0.25, -0.2) is 14.4 Å². The molecule has 0 radical (unpaired) electrons. The average molecular weight is 510 g/mol. The van der Waals surface area contributed by atoms with E-state index in [-0.39, 0.29) is 28.5 Å². The van der Waals surface area contributed by atoms with E-state index in [1.165, 1.54) is 6.07 Å². The molecule has 0 saturated carbocycles. The maximum Gasteiger partial charge on any atom is 0.258 e. The van der Waals surface area contributed by atoms with Gasteiger partial charge in [0.05, 0.1) is 22.9 Å². The topological polar surface area (TPSA) is 94.5 Å². The van der Waals surface area contributed by atoms with Crippen LogP contribution in [0.15, 0.2) is 48.8 Å². The fourth-order valence-corrected chi connectivity index (χ4v) is 4.54.